The lowest BCUT2D eigenvalue weighted by Crippen LogP contribution is -2.27. The SMILES string of the molecule is CCSC(c1nnc(-c2cccc(C(=O)NCCCN(C)C)c2)o1)c1ccccc1O. The summed E-state index contributed by atoms with van der Waals surface area (Å²) in [5.74, 6) is 1.64. The lowest BCUT2D eigenvalue weighted by atomic mass is 10.1. The van der Waals surface area contributed by atoms with E-state index in [-0.39, 0.29) is 16.9 Å². The van der Waals surface area contributed by atoms with Crippen LogP contribution >= 0.6 is 11.8 Å². The number of amides is 1. The third-order valence-electron chi connectivity index (χ3n) is 4.66. The highest BCUT2D eigenvalue weighted by Crippen LogP contribution is 2.39. The van der Waals surface area contributed by atoms with Crippen molar-refractivity contribution in [3.8, 4) is 17.2 Å². The van der Waals surface area contributed by atoms with E-state index in [1.807, 2.05) is 39.2 Å². The molecule has 0 saturated carbocycles. The van der Waals surface area contributed by atoms with Crippen LogP contribution in [0.2, 0.25) is 0 Å². The number of carbonyl (C=O) groups excluding carboxylic acids is 1. The van der Waals surface area contributed by atoms with Crippen LogP contribution < -0.4 is 5.32 Å². The number of nitrogens with zero attached hydrogens (tertiary/aromatic N) is 3. The summed E-state index contributed by atoms with van der Waals surface area (Å²) >= 11 is 1.60. The van der Waals surface area contributed by atoms with Crippen molar-refractivity contribution >= 4 is 17.7 Å². The van der Waals surface area contributed by atoms with E-state index in [0.717, 1.165) is 24.3 Å². The number of aromatic nitrogens is 2. The van der Waals surface area contributed by atoms with Gasteiger partial charge in [-0.05, 0) is 57.1 Å². The van der Waals surface area contributed by atoms with E-state index in [4.69, 9.17) is 4.42 Å². The minimum atomic E-state index is -0.268. The van der Waals surface area contributed by atoms with E-state index >= 15 is 0 Å². The Kier molecular flexibility index (Phi) is 8.08. The van der Waals surface area contributed by atoms with E-state index in [2.05, 4.69) is 20.4 Å². The maximum absolute atomic E-state index is 12.5. The molecule has 0 aliphatic rings. The minimum Gasteiger partial charge on any atom is -0.508 e. The van der Waals surface area contributed by atoms with Gasteiger partial charge >= 0.3 is 0 Å². The summed E-state index contributed by atoms with van der Waals surface area (Å²) in [6, 6.07) is 14.3. The number of thioether (sulfide) groups is 1. The first-order valence-electron chi connectivity index (χ1n) is 10.3. The smallest absolute Gasteiger partial charge is 0.251 e. The van der Waals surface area contributed by atoms with Gasteiger partial charge in [0.2, 0.25) is 11.8 Å². The molecule has 0 fully saturated rings. The number of benzene rings is 2. The Morgan fingerprint density at radius 1 is 1.19 bits per heavy atom. The summed E-state index contributed by atoms with van der Waals surface area (Å²) in [5.41, 5.74) is 1.95. The first-order valence-corrected chi connectivity index (χ1v) is 11.3. The van der Waals surface area contributed by atoms with Gasteiger partial charge in [0.15, 0.2) is 0 Å². The number of phenolic OH excluding ortho intramolecular Hbond substituents is 1. The molecule has 164 valence electrons. The van der Waals surface area contributed by atoms with Crippen LogP contribution in [0.3, 0.4) is 0 Å². The van der Waals surface area contributed by atoms with Crippen LogP contribution in [0, 0.1) is 0 Å². The van der Waals surface area contributed by atoms with Crippen LogP contribution in [0.15, 0.2) is 52.9 Å². The molecule has 0 aliphatic heterocycles. The lowest BCUT2D eigenvalue weighted by molar-refractivity contribution is 0.0952. The Hall–Kier alpha value is -2.84. The van der Waals surface area contributed by atoms with E-state index < -0.39 is 0 Å². The molecule has 1 atom stereocenters. The minimum absolute atomic E-state index is 0.131. The molecule has 2 aromatic carbocycles. The fourth-order valence-corrected chi connectivity index (χ4v) is 4.07. The number of rotatable bonds is 10. The summed E-state index contributed by atoms with van der Waals surface area (Å²) in [6.45, 7) is 3.57. The molecule has 7 nitrogen and oxygen atoms in total. The molecule has 2 N–H and O–H groups in total. The summed E-state index contributed by atoms with van der Waals surface area (Å²) in [5, 5.41) is 21.3. The van der Waals surface area contributed by atoms with Crippen molar-refractivity contribution in [3.05, 3.63) is 65.5 Å². The van der Waals surface area contributed by atoms with Crippen LogP contribution in [0.25, 0.3) is 11.5 Å². The van der Waals surface area contributed by atoms with E-state index in [1.165, 1.54) is 0 Å². The first kappa shape index (κ1) is 22.8. The second-order valence-corrected chi connectivity index (χ2v) is 8.72. The van der Waals surface area contributed by atoms with Gasteiger partial charge in [-0.15, -0.1) is 22.0 Å². The Labute approximate surface area is 186 Å². The second kappa shape index (κ2) is 11.0. The Morgan fingerprint density at radius 2 is 2.00 bits per heavy atom. The fourth-order valence-electron chi connectivity index (χ4n) is 3.12. The van der Waals surface area contributed by atoms with Gasteiger partial charge in [0.25, 0.3) is 5.91 Å². The third-order valence-corrected chi connectivity index (χ3v) is 5.78. The van der Waals surface area contributed by atoms with Gasteiger partial charge in [-0.3, -0.25) is 4.79 Å². The van der Waals surface area contributed by atoms with E-state index in [0.29, 0.717) is 29.5 Å². The molecule has 3 aromatic rings. The summed E-state index contributed by atoms with van der Waals surface area (Å²) < 4.78 is 5.96. The van der Waals surface area contributed by atoms with Crippen LogP contribution in [0.5, 0.6) is 5.75 Å². The molecular formula is C23H28N4O3S. The van der Waals surface area contributed by atoms with Crippen molar-refractivity contribution in [2.24, 2.45) is 0 Å². The summed E-state index contributed by atoms with van der Waals surface area (Å²) in [6.07, 6.45) is 0.883. The second-order valence-electron chi connectivity index (χ2n) is 7.33. The van der Waals surface area contributed by atoms with Crippen molar-refractivity contribution in [1.29, 1.82) is 0 Å². The quantitative estimate of drug-likeness (QED) is 0.461. The largest absolute Gasteiger partial charge is 0.508 e. The predicted molar refractivity (Wildman–Crippen MR) is 123 cm³/mol. The molecule has 0 radical (unpaired) electrons. The number of para-hydroxylation sites is 1. The van der Waals surface area contributed by atoms with Crippen molar-refractivity contribution < 1.29 is 14.3 Å². The van der Waals surface area contributed by atoms with Gasteiger partial charge < -0.3 is 19.7 Å². The lowest BCUT2D eigenvalue weighted by Gasteiger charge is -2.13. The molecule has 0 saturated heterocycles. The highest BCUT2D eigenvalue weighted by Gasteiger charge is 2.24. The Bertz CT molecular complexity index is 1010. The number of carbonyl (C=O) groups is 1. The van der Waals surface area contributed by atoms with Crippen molar-refractivity contribution in [3.63, 3.8) is 0 Å². The van der Waals surface area contributed by atoms with Gasteiger partial charge in [0.1, 0.15) is 11.0 Å². The topological polar surface area (TPSA) is 91.5 Å². The number of hydrogen-bond acceptors (Lipinski definition) is 7. The molecular weight excluding hydrogens is 412 g/mol. The average molecular weight is 441 g/mol. The Morgan fingerprint density at radius 3 is 2.74 bits per heavy atom. The van der Waals surface area contributed by atoms with Crippen LogP contribution in [-0.4, -0.2) is 59.0 Å². The molecule has 0 bridgehead atoms. The molecule has 31 heavy (non-hydrogen) atoms. The molecule has 1 aromatic heterocycles. The highest BCUT2D eigenvalue weighted by atomic mass is 32.2. The summed E-state index contributed by atoms with van der Waals surface area (Å²) in [4.78, 5) is 14.6. The molecule has 1 heterocycles. The molecule has 3 rings (SSSR count). The zero-order valence-corrected chi connectivity index (χ0v) is 18.9. The van der Waals surface area contributed by atoms with Gasteiger partial charge in [-0.2, -0.15) is 0 Å². The van der Waals surface area contributed by atoms with Crippen molar-refractivity contribution in [1.82, 2.24) is 20.4 Å². The maximum Gasteiger partial charge on any atom is 0.251 e. The predicted octanol–water partition coefficient (Wildman–Crippen LogP) is 3.97. The Balaban J connectivity index is 1.76. The number of nitrogens with one attached hydrogen (secondary N) is 1. The monoisotopic (exact) mass is 440 g/mol. The normalized spacial score (nSPS) is 12.1. The third kappa shape index (κ3) is 6.08. The van der Waals surface area contributed by atoms with Gasteiger partial charge in [0.05, 0.1) is 0 Å². The van der Waals surface area contributed by atoms with Gasteiger partial charge in [0, 0.05) is 23.2 Å². The highest BCUT2D eigenvalue weighted by molar-refractivity contribution is 7.99. The van der Waals surface area contributed by atoms with Gasteiger partial charge in [-0.25, -0.2) is 0 Å². The molecule has 0 spiro atoms. The van der Waals surface area contributed by atoms with Crippen LogP contribution in [0.1, 0.15) is 40.4 Å². The molecule has 8 heteroatoms. The van der Waals surface area contributed by atoms with E-state index in [1.54, 1.807) is 42.1 Å². The number of phenols is 1. The molecule has 1 amide bonds. The first-order chi connectivity index (χ1) is 15.0. The van der Waals surface area contributed by atoms with Crippen LogP contribution in [-0.2, 0) is 0 Å². The number of hydrogen-bond donors (Lipinski definition) is 2. The van der Waals surface area contributed by atoms with Gasteiger partial charge in [-0.1, -0.05) is 31.2 Å². The zero-order valence-electron chi connectivity index (χ0n) is 18.0. The standard InChI is InChI=1S/C23H28N4O3S/c1-4-31-20(18-11-5-6-12-19(18)28)23-26-25-22(30-23)17-10-7-9-16(15-17)21(29)24-13-8-14-27(2)3/h5-7,9-12,15,20,28H,4,8,13-14H2,1-3H3,(H,24,29). The van der Waals surface area contributed by atoms with Crippen molar-refractivity contribution in [2.45, 2.75) is 18.6 Å². The molecule has 1 unspecified atom stereocenters. The van der Waals surface area contributed by atoms with Crippen LogP contribution in [0.4, 0.5) is 0 Å². The molecule has 0 aliphatic carbocycles. The number of aromatic hydroxyl groups is 1. The maximum atomic E-state index is 12.5. The average Bonchev–Trinajstić information content (AvgIpc) is 3.25. The fraction of sp³-hybridized carbons (Fsp3) is 0.348. The van der Waals surface area contributed by atoms with Crippen molar-refractivity contribution in [2.75, 3.05) is 32.9 Å². The zero-order chi connectivity index (χ0) is 22.2. The summed E-state index contributed by atoms with van der Waals surface area (Å²) in [7, 11) is 4.01. The van der Waals surface area contributed by atoms with E-state index in [9.17, 15) is 9.90 Å².